The SMILES string of the molecule is Cc1ccc2[nH]c(C(=O)N[C@@H](C)c3cccc(F)c3)cc2c1. The minimum atomic E-state index is -0.306. The average Bonchev–Trinajstić information content (AvgIpc) is 2.90. The van der Waals surface area contributed by atoms with E-state index in [9.17, 15) is 9.18 Å². The molecule has 2 N–H and O–H groups in total. The third-order valence-electron chi connectivity index (χ3n) is 3.72. The summed E-state index contributed by atoms with van der Waals surface area (Å²) in [6.07, 6.45) is 0. The maximum Gasteiger partial charge on any atom is 0.268 e. The molecular formula is C18H17FN2O. The van der Waals surface area contributed by atoms with Crippen molar-refractivity contribution in [1.29, 1.82) is 0 Å². The summed E-state index contributed by atoms with van der Waals surface area (Å²) in [5.41, 5.74) is 3.31. The van der Waals surface area contributed by atoms with E-state index < -0.39 is 0 Å². The van der Waals surface area contributed by atoms with Gasteiger partial charge in [-0.05, 0) is 49.7 Å². The number of hydrogen-bond acceptors (Lipinski definition) is 1. The summed E-state index contributed by atoms with van der Waals surface area (Å²) in [5, 5.41) is 3.88. The van der Waals surface area contributed by atoms with Gasteiger partial charge in [0.2, 0.25) is 0 Å². The second kappa shape index (κ2) is 5.64. The largest absolute Gasteiger partial charge is 0.351 e. The van der Waals surface area contributed by atoms with Crippen molar-refractivity contribution in [3.05, 3.63) is 71.2 Å². The predicted octanol–water partition coefficient (Wildman–Crippen LogP) is 4.11. The highest BCUT2D eigenvalue weighted by Gasteiger charge is 2.14. The highest BCUT2D eigenvalue weighted by atomic mass is 19.1. The van der Waals surface area contributed by atoms with Crippen LogP contribution in [-0.4, -0.2) is 10.9 Å². The Morgan fingerprint density at radius 3 is 2.77 bits per heavy atom. The van der Waals surface area contributed by atoms with E-state index in [0.29, 0.717) is 5.69 Å². The van der Waals surface area contributed by atoms with Crippen molar-refractivity contribution >= 4 is 16.8 Å². The van der Waals surface area contributed by atoms with E-state index in [0.717, 1.165) is 22.0 Å². The molecule has 0 unspecified atom stereocenters. The van der Waals surface area contributed by atoms with Gasteiger partial charge in [-0.3, -0.25) is 4.79 Å². The Hall–Kier alpha value is -2.62. The molecule has 0 aliphatic rings. The zero-order chi connectivity index (χ0) is 15.7. The number of fused-ring (bicyclic) bond motifs is 1. The van der Waals surface area contributed by atoms with E-state index in [1.807, 2.05) is 38.1 Å². The van der Waals surface area contributed by atoms with Crippen molar-refractivity contribution in [2.75, 3.05) is 0 Å². The number of aryl methyl sites for hydroxylation is 1. The Bertz CT molecular complexity index is 838. The fraction of sp³-hybridized carbons (Fsp3) is 0.167. The molecule has 112 valence electrons. The number of carbonyl (C=O) groups is 1. The molecule has 3 aromatic rings. The molecule has 2 aromatic carbocycles. The Labute approximate surface area is 128 Å². The van der Waals surface area contributed by atoms with Crippen LogP contribution in [0.1, 0.15) is 34.6 Å². The summed E-state index contributed by atoms with van der Waals surface area (Å²) < 4.78 is 13.2. The summed E-state index contributed by atoms with van der Waals surface area (Å²) in [4.78, 5) is 15.4. The quantitative estimate of drug-likeness (QED) is 0.750. The van der Waals surface area contributed by atoms with Gasteiger partial charge < -0.3 is 10.3 Å². The van der Waals surface area contributed by atoms with E-state index >= 15 is 0 Å². The van der Waals surface area contributed by atoms with E-state index in [2.05, 4.69) is 10.3 Å². The minimum Gasteiger partial charge on any atom is -0.351 e. The lowest BCUT2D eigenvalue weighted by Crippen LogP contribution is -2.26. The maximum atomic E-state index is 13.2. The van der Waals surface area contributed by atoms with Gasteiger partial charge in [0.15, 0.2) is 0 Å². The van der Waals surface area contributed by atoms with Crippen molar-refractivity contribution in [1.82, 2.24) is 10.3 Å². The molecule has 22 heavy (non-hydrogen) atoms. The van der Waals surface area contributed by atoms with E-state index in [-0.39, 0.29) is 17.8 Å². The van der Waals surface area contributed by atoms with Crippen LogP contribution in [0.2, 0.25) is 0 Å². The summed E-state index contributed by atoms with van der Waals surface area (Å²) in [6.45, 7) is 3.84. The van der Waals surface area contributed by atoms with Gasteiger partial charge in [0.05, 0.1) is 6.04 Å². The molecule has 1 aromatic heterocycles. The average molecular weight is 296 g/mol. The Morgan fingerprint density at radius 1 is 1.18 bits per heavy atom. The third kappa shape index (κ3) is 2.86. The van der Waals surface area contributed by atoms with Crippen LogP contribution in [0.15, 0.2) is 48.5 Å². The van der Waals surface area contributed by atoms with Crippen LogP contribution in [0.25, 0.3) is 10.9 Å². The number of aromatic nitrogens is 1. The van der Waals surface area contributed by atoms with Crippen LogP contribution in [0, 0.1) is 12.7 Å². The molecule has 0 aliphatic carbocycles. The highest BCUT2D eigenvalue weighted by molar-refractivity contribution is 5.98. The molecule has 3 rings (SSSR count). The molecule has 0 saturated carbocycles. The first kappa shape index (κ1) is 14.3. The smallest absolute Gasteiger partial charge is 0.268 e. The number of H-pyrrole nitrogens is 1. The van der Waals surface area contributed by atoms with Gasteiger partial charge in [0, 0.05) is 10.9 Å². The molecule has 0 fully saturated rings. The number of hydrogen-bond donors (Lipinski definition) is 2. The Morgan fingerprint density at radius 2 is 2.00 bits per heavy atom. The standard InChI is InChI=1S/C18H17FN2O/c1-11-6-7-16-14(8-11)10-17(21-16)18(22)20-12(2)13-4-3-5-15(19)9-13/h3-10,12,21H,1-2H3,(H,20,22)/t12-/m0/s1. The Balaban J connectivity index is 1.80. The molecule has 1 atom stereocenters. The number of aromatic amines is 1. The van der Waals surface area contributed by atoms with Crippen molar-refractivity contribution in [3.63, 3.8) is 0 Å². The number of rotatable bonds is 3. The van der Waals surface area contributed by atoms with Crippen LogP contribution in [-0.2, 0) is 0 Å². The second-order valence-electron chi connectivity index (χ2n) is 5.52. The van der Waals surface area contributed by atoms with Gasteiger partial charge in [0.1, 0.15) is 11.5 Å². The van der Waals surface area contributed by atoms with E-state index in [1.165, 1.54) is 12.1 Å². The fourth-order valence-electron chi connectivity index (χ4n) is 2.51. The lowest BCUT2D eigenvalue weighted by Gasteiger charge is -2.13. The molecule has 1 heterocycles. The van der Waals surface area contributed by atoms with Crippen molar-refractivity contribution in [2.45, 2.75) is 19.9 Å². The summed E-state index contributed by atoms with van der Waals surface area (Å²) in [7, 11) is 0. The van der Waals surface area contributed by atoms with Crippen LogP contribution >= 0.6 is 0 Å². The number of halogens is 1. The van der Waals surface area contributed by atoms with Gasteiger partial charge in [-0.15, -0.1) is 0 Å². The maximum absolute atomic E-state index is 13.2. The molecule has 0 spiro atoms. The first-order valence-electron chi connectivity index (χ1n) is 7.18. The summed E-state index contributed by atoms with van der Waals surface area (Å²) in [6, 6.07) is 13.8. The molecular weight excluding hydrogens is 279 g/mol. The topological polar surface area (TPSA) is 44.9 Å². The molecule has 0 bridgehead atoms. The van der Waals surface area contributed by atoms with Crippen molar-refractivity contribution in [2.24, 2.45) is 0 Å². The third-order valence-corrected chi connectivity index (χ3v) is 3.72. The first-order valence-corrected chi connectivity index (χ1v) is 7.18. The molecule has 0 saturated heterocycles. The van der Waals surface area contributed by atoms with E-state index in [4.69, 9.17) is 0 Å². The second-order valence-corrected chi connectivity index (χ2v) is 5.52. The number of benzene rings is 2. The van der Waals surface area contributed by atoms with Crippen LogP contribution in [0.4, 0.5) is 4.39 Å². The lowest BCUT2D eigenvalue weighted by molar-refractivity contribution is 0.0935. The van der Waals surface area contributed by atoms with Gasteiger partial charge in [-0.25, -0.2) is 4.39 Å². The van der Waals surface area contributed by atoms with Crippen molar-refractivity contribution in [3.8, 4) is 0 Å². The molecule has 0 aliphatic heterocycles. The summed E-state index contributed by atoms with van der Waals surface area (Å²) >= 11 is 0. The van der Waals surface area contributed by atoms with E-state index in [1.54, 1.807) is 12.1 Å². The monoisotopic (exact) mass is 296 g/mol. The summed E-state index contributed by atoms with van der Waals surface area (Å²) in [5.74, 6) is -0.509. The first-order chi connectivity index (χ1) is 10.5. The highest BCUT2D eigenvalue weighted by Crippen LogP contribution is 2.18. The zero-order valence-electron chi connectivity index (χ0n) is 12.5. The van der Waals surface area contributed by atoms with Crippen molar-refractivity contribution < 1.29 is 9.18 Å². The zero-order valence-corrected chi connectivity index (χ0v) is 12.5. The number of nitrogens with one attached hydrogen (secondary N) is 2. The minimum absolute atomic E-state index is 0.203. The van der Waals surface area contributed by atoms with Gasteiger partial charge in [-0.1, -0.05) is 23.8 Å². The molecule has 0 radical (unpaired) electrons. The Kier molecular flexibility index (Phi) is 3.67. The normalized spacial score (nSPS) is 12.3. The van der Waals surface area contributed by atoms with Crippen LogP contribution in [0.5, 0.6) is 0 Å². The van der Waals surface area contributed by atoms with Gasteiger partial charge >= 0.3 is 0 Å². The van der Waals surface area contributed by atoms with Gasteiger partial charge in [0.25, 0.3) is 5.91 Å². The van der Waals surface area contributed by atoms with Crippen LogP contribution < -0.4 is 5.32 Å². The van der Waals surface area contributed by atoms with Crippen LogP contribution in [0.3, 0.4) is 0 Å². The lowest BCUT2D eigenvalue weighted by atomic mass is 10.1. The van der Waals surface area contributed by atoms with Gasteiger partial charge in [-0.2, -0.15) is 0 Å². The number of carbonyl (C=O) groups excluding carboxylic acids is 1. The molecule has 4 heteroatoms. The molecule has 3 nitrogen and oxygen atoms in total. The fourth-order valence-corrected chi connectivity index (χ4v) is 2.51. The predicted molar refractivity (Wildman–Crippen MR) is 85.3 cm³/mol. The number of amides is 1. The molecule has 1 amide bonds.